The van der Waals surface area contributed by atoms with Crippen molar-refractivity contribution in [1.82, 2.24) is 5.01 Å². The molecule has 2 aromatic rings. The number of carbonyl (C=O) groups is 2. The molecule has 6 nitrogen and oxygen atoms in total. The number of allylic oxidation sites excluding steroid dienone is 2. The summed E-state index contributed by atoms with van der Waals surface area (Å²) in [5, 5.41) is 5.30. The fourth-order valence-electron chi connectivity index (χ4n) is 4.85. The number of hydrazone groups is 1. The first-order chi connectivity index (χ1) is 15.2. The Balaban J connectivity index is 1.31. The third-order valence-electron chi connectivity index (χ3n) is 6.27. The maximum atomic E-state index is 12.8. The van der Waals surface area contributed by atoms with E-state index < -0.39 is 0 Å². The molecule has 0 aromatic heterocycles. The average molecular weight is 416 g/mol. The van der Waals surface area contributed by atoms with Gasteiger partial charge in [-0.2, -0.15) is 10.1 Å². The molecule has 2 bridgehead atoms. The normalized spacial score (nSPS) is 26.2. The van der Waals surface area contributed by atoms with Gasteiger partial charge >= 0.3 is 0 Å². The Hall–Kier alpha value is -3.41. The molecule has 0 unspecified atom stereocenters. The molecule has 3 aliphatic rings. The van der Waals surface area contributed by atoms with E-state index >= 15 is 0 Å². The van der Waals surface area contributed by atoms with E-state index in [0.717, 1.165) is 22.6 Å². The Labute approximate surface area is 181 Å². The SMILES string of the molecule is CCOc1cc(/C=N\N2C(=O)[C@@H]3[C@H](C2=O)[C@H]2C=C[C@H]3C2)ccc1OCc1ccccc1. The Morgan fingerprint density at radius 1 is 0.968 bits per heavy atom. The predicted molar refractivity (Wildman–Crippen MR) is 116 cm³/mol. The topological polar surface area (TPSA) is 68.2 Å². The molecule has 6 heteroatoms. The lowest BCUT2D eigenvalue weighted by molar-refractivity contribution is -0.140. The Morgan fingerprint density at radius 3 is 2.35 bits per heavy atom. The molecule has 1 saturated carbocycles. The van der Waals surface area contributed by atoms with E-state index in [4.69, 9.17) is 9.47 Å². The Morgan fingerprint density at radius 2 is 1.68 bits per heavy atom. The van der Waals surface area contributed by atoms with Crippen LogP contribution in [0.3, 0.4) is 0 Å². The first-order valence-electron chi connectivity index (χ1n) is 10.7. The monoisotopic (exact) mass is 416 g/mol. The van der Waals surface area contributed by atoms with Gasteiger partial charge < -0.3 is 9.47 Å². The molecule has 4 atom stereocenters. The second kappa shape index (κ2) is 8.02. The van der Waals surface area contributed by atoms with Crippen molar-refractivity contribution in [3.8, 4) is 11.5 Å². The number of benzene rings is 2. The Kier molecular flexibility index (Phi) is 5.06. The largest absolute Gasteiger partial charge is 0.490 e. The minimum absolute atomic E-state index is 0.178. The second-order valence-corrected chi connectivity index (χ2v) is 8.15. The van der Waals surface area contributed by atoms with Gasteiger partial charge in [0.05, 0.1) is 24.7 Å². The molecular formula is C25H24N2O4. The molecule has 1 heterocycles. The third kappa shape index (κ3) is 3.52. The molecule has 158 valence electrons. The first-order valence-corrected chi connectivity index (χ1v) is 10.7. The first kappa shape index (κ1) is 19.5. The molecule has 0 spiro atoms. The van der Waals surface area contributed by atoms with Crippen molar-refractivity contribution in [3.05, 3.63) is 71.8 Å². The van der Waals surface area contributed by atoms with Crippen LogP contribution >= 0.6 is 0 Å². The standard InChI is InChI=1S/C25H24N2O4/c1-2-30-21-12-17(8-11-20(21)31-15-16-6-4-3-5-7-16)14-26-27-24(28)22-18-9-10-19(13-18)23(22)25(27)29/h3-12,14,18-19,22-23H,2,13,15H2,1H3/b26-14-/t18-,19-,22-,23+/m0/s1. The van der Waals surface area contributed by atoms with Crippen molar-refractivity contribution in [2.24, 2.45) is 28.8 Å². The number of imide groups is 1. The molecule has 2 fully saturated rings. The van der Waals surface area contributed by atoms with E-state index in [2.05, 4.69) is 17.3 Å². The van der Waals surface area contributed by atoms with E-state index in [1.54, 1.807) is 0 Å². The van der Waals surface area contributed by atoms with Crippen LogP contribution in [0.1, 0.15) is 24.5 Å². The van der Waals surface area contributed by atoms with E-state index in [-0.39, 0.29) is 35.5 Å². The zero-order valence-electron chi connectivity index (χ0n) is 17.3. The Bertz CT molecular complexity index is 1030. The highest BCUT2D eigenvalue weighted by atomic mass is 16.5. The number of hydrogen-bond acceptors (Lipinski definition) is 5. The number of hydrogen-bond donors (Lipinski definition) is 0. The molecular weight excluding hydrogens is 392 g/mol. The van der Waals surface area contributed by atoms with Crippen molar-refractivity contribution in [2.45, 2.75) is 20.0 Å². The predicted octanol–water partition coefficient (Wildman–Crippen LogP) is 3.81. The van der Waals surface area contributed by atoms with Gasteiger partial charge in [-0.05, 0) is 54.5 Å². The van der Waals surface area contributed by atoms with Gasteiger partial charge in [0, 0.05) is 0 Å². The van der Waals surface area contributed by atoms with Crippen LogP contribution in [0.2, 0.25) is 0 Å². The molecule has 2 aromatic carbocycles. The third-order valence-corrected chi connectivity index (χ3v) is 6.27. The minimum atomic E-state index is -0.243. The van der Waals surface area contributed by atoms with Gasteiger partial charge in [0.2, 0.25) is 0 Å². The van der Waals surface area contributed by atoms with Crippen LogP contribution in [-0.4, -0.2) is 29.6 Å². The summed E-state index contributed by atoms with van der Waals surface area (Å²) in [6.45, 7) is 2.83. The van der Waals surface area contributed by atoms with Gasteiger partial charge in [-0.3, -0.25) is 9.59 Å². The van der Waals surface area contributed by atoms with Crippen LogP contribution in [0.25, 0.3) is 0 Å². The van der Waals surface area contributed by atoms with E-state index in [0.29, 0.717) is 24.7 Å². The lowest BCUT2D eigenvalue weighted by Gasteiger charge is -2.13. The number of carbonyl (C=O) groups excluding carboxylic acids is 2. The van der Waals surface area contributed by atoms with Gasteiger partial charge in [0.25, 0.3) is 11.8 Å². The van der Waals surface area contributed by atoms with Crippen LogP contribution in [0.5, 0.6) is 11.5 Å². The van der Waals surface area contributed by atoms with Crippen molar-refractivity contribution in [1.29, 1.82) is 0 Å². The maximum absolute atomic E-state index is 12.8. The summed E-state index contributed by atoms with van der Waals surface area (Å²) in [5.74, 6) is 0.732. The van der Waals surface area contributed by atoms with Crippen LogP contribution < -0.4 is 9.47 Å². The van der Waals surface area contributed by atoms with Crippen molar-refractivity contribution in [3.63, 3.8) is 0 Å². The zero-order valence-corrected chi connectivity index (χ0v) is 17.3. The lowest BCUT2D eigenvalue weighted by Crippen LogP contribution is -2.28. The van der Waals surface area contributed by atoms with E-state index in [9.17, 15) is 9.59 Å². The molecule has 0 radical (unpaired) electrons. The summed E-state index contributed by atoms with van der Waals surface area (Å²) in [6, 6.07) is 15.4. The van der Waals surface area contributed by atoms with Crippen LogP contribution in [0.4, 0.5) is 0 Å². The van der Waals surface area contributed by atoms with Crippen LogP contribution in [-0.2, 0) is 16.2 Å². The van der Waals surface area contributed by atoms with Gasteiger partial charge in [-0.1, -0.05) is 42.5 Å². The smallest absolute Gasteiger partial charge is 0.254 e. The summed E-state index contributed by atoms with van der Waals surface area (Å²) in [6.07, 6.45) is 6.60. The van der Waals surface area contributed by atoms with Crippen molar-refractivity contribution < 1.29 is 19.1 Å². The second-order valence-electron chi connectivity index (χ2n) is 8.15. The fourth-order valence-corrected chi connectivity index (χ4v) is 4.85. The highest BCUT2D eigenvalue weighted by molar-refractivity contribution is 6.06. The quantitative estimate of drug-likeness (QED) is 0.391. The van der Waals surface area contributed by atoms with Crippen molar-refractivity contribution in [2.75, 3.05) is 6.61 Å². The van der Waals surface area contributed by atoms with Crippen molar-refractivity contribution >= 4 is 18.0 Å². The number of ether oxygens (including phenoxy) is 2. The molecule has 2 amide bonds. The molecule has 1 aliphatic heterocycles. The number of fused-ring (bicyclic) bond motifs is 5. The van der Waals surface area contributed by atoms with Gasteiger partial charge in [-0.25, -0.2) is 0 Å². The molecule has 5 rings (SSSR count). The van der Waals surface area contributed by atoms with Gasteiger partial charge in [0.1, 0.15) is 6.61 Å². The summed E-state index contributed by atoms with van der Waals surface area (Å²) in [5.41, 5.74) is 1.80. The molecule has 1 saturated heterocycles. The molecule has 0 N–H and O–H groups in total. The zero-order chi connectivity index (χ0) is 21.4. The minimum Gasteiger partial charge on any atom is -0.490 e. The molecule has 2 aliphatic carbocycles. The summed E-state index contributed by atoms with van der Waals surface area (Å²) >= 11 is 0. The van der Waals surface area contributed by atoms with E-state index in [1.165, 1.54) is 6.21 Å². The fraction of sp³-hybridized carbons (Fsp3) is 0.320. The number of nitrogens with zero attached hydrogens (tertiary/aromatic N) is 2. The molecule has 31 heavy (non-hydrogen) atoms. The summed E-state index contributed by atoms with van der Waals surface area (Å²) in [7, 11) is 0. The highest BCUT2D eigenvalue weighted by Crippen LogP contribution is 2.52. The number of amides is 2. The van der Waals surface area contributed by atoms with Gasteiger partial charge in [-0.15, -0.1) is 0 Å². The lowest BCUT2D eigenvalue weighted by atomic mass is 9.85. The van der Waals surface area contributed by atoms with Crippen LogP contribution in [0, 0.1) is 23.7 Å². The number of rotatable bonds is 7. The summed E-state index contributed by atoms with van der Waals surface area (Å²) in [4.78, 5) is 25.5. The maximum Gasteiger partial charge on any atom is 0.254 e. The highest BCUT2D eigenvalue weighted by Gasteiger charge is 2.59. The van der Waals surface area contributed by atoms with E-state index in [1.807, 2.05) is 55.5 Å². The summed E-state index contributed by atoms with van der Waals surface area (Å²) < 4.78 is 11.7. The van der Waals surface area contributed by atoms with Crippen LogP contribution in [0.15, 0.2) is 65.8 Å². The van der Waals surface area contributed by atoms with Gasteiger partial charge in [0.15, 0.2) is 11.5 Å². The average Bonchev–Trinajstić information content (AvgIpc) is 3.47.